The third kappa shape index (κ3) is 3.37. The molecule has 3 rings (SSSR count). The van der Waals surface area contributed by atoms with E-state index in [0.29, 0.717) is 10.6 Å². The smallest absolute Gasteiger partial charge is 0.170 e. The lowest BCUT2D eigenvalue weighted by Gasteiger charge is -2.18. The Labute approximate surface area is 140 Å². The van der Waals surface area contributed by atoms with Gasteiger partial charge >= 0.3 is 0 Å². The van der Waals surface area contributed by atoms with E-state index in [9.17, 15) is 13.8 Å². The summed E-state index contributed by atoms with van der Waals surface area (Å²) in [5.74, 6) is -0.805. The molecule has 0 fully saturated rings. The average molecular weight is 338 g/mol. The van der Waals surface area contributed by atoms with Crippen molar-refractivity contribution >= 4 is 23.5 Å². The summed E-state index contributed by atoms with van der Waals surface area (Å²) in [5.41, 5.74) is 0.238. The average Bonchev–Trinajstić information content (AvgIpc) is 2.63. The van der Waals surface area contributed by atoms with Crippen LogP contribution in [0.4, 0.5) is 4.39 Å². The van der Waals surface area contributed by atoms with Crippen molar-refractivity contribution in [1.82, 2.24) is 0 Å². The molecule has 0 saturated heterocycles. The molecule has 2 nitrogen and oxygen atoms in total. The Morgan fingerprint density at radius 2 is 1.33 bits per heavy atom. The number of rotatable bonds is 5. The summed E-state index contributed by atoms with van der Waals surface area (Å²) < 4.78 is 27.2. The molecule has 0 aliphatic rings. The Hall–Kier alpha value is -2.51. The Bertz CT molecular complexity index is 848. The molecule has 0 unspecified atom stereocenters. The minimum absolute atomic E-state index is 0.162. The first kappa shape index (κ1) is 16.4. The zero-order chi connectivity index (χ0) is 17.0. The fourth-order valence-corrected chi connectivity index (χ4v) is 5.18. The van der Waals surface area contributed by atoms with E-state index in [1.165, 1.54) is 18.2 Å². The number of Topliss-reactive ketones (excluding diaryl/α,β-unsaturated/α-hetero) is 1. The highest BCUT2D eigenvalue weighted by atomic mass is 31.2. The lowest BCUT2D eigenvalue weighted by atomic mass is 10.1. The van der Waals surface area contributed by atoms with Crippen LogP contribution < -0.4 is 10.6 Å². The molecule has 0 aliphatic heterocycles. The van der Waals surface area contributed by atoms with Gasteiger partial charge in [0, 0.05) is 16.2 Å². The fourth-order valence-electron chi connectivity index (χ4n) is 2.62. The van der Waals surface area contributed by atoms with Gasteiger partial charge in [-0.05, 0) is 12.1 Å². The SMILES string of the molecule is O=C(CP(=O)(c1ccccc1)c1ccccc1)c1cccc(F)c1. The molecule has 4 heteroatoms. The molecule has 0 spiro atoms. The largest absolute Gasteiger partial charge is 0.313 e. The van der Waals surface area contributed by atoms with Gasteiger partial charge in [-0.25, -0.2) is 4.39 Å². The van der Waals surface area contributed by atoms with Crippen molar-refractivity contribution in [1.29, 1.82) is 0 Å². The lowest BCUT2D eigenvalue weighted by molar-refractivity contribution is 0.102. The number of carbonyl (C=O) groups excluding carboxylic acids is 1. The maximum atomic E-state index is 13.8. The monoisotopic (exact) mass is 338 g/mol. The van der Waals surface area contributed by atoms with Crippen LogP contribution in [0.1, 0.15) is 10.4 Å². The van der Waals surface area contributed by atoms with Gasteiger partial charge in [-0.3, -0.25) is 4.79 Å². The maximum absolute atomic E-state index is 13.8. The van der Waals surface area contributed by atoms with E-state index in [1.807, 2.05) is 12.1 Å². The zero-order valence-electron chi connectivity index (χ0n) is 12.9. The van der Waals surface area contributed by atoms with Crippen LogP contribution in [0.25, 0.3) is 0 Å². The summed E-state index contributed by atoms with van der Waals surface area (Å²) in [6, 6.07) is 23.5. The number of hydrogen-bond acceptors (Lipinski definition) is 2. The highest BCUT2D eigenvalue weighted by molar-refractivity contribution is 7.79. The van der Waals surface area contributed by atoms with Crippen molar-refractivity contribution in [2.75, 3.05) is 6.16 Å². The van der Waals surface area contributed by atoms with E-state index in [1.54, 1.807) is 54.6 Å². The van der Waals surface area contributed by atoms with Crippen molar-refractivity contribution in [3.8, 4) is 0 Å². The first-order valence-electron chi connectivity index (χ1n) is 7.59. The minimum Gasteiger partial charge on any atom is -0.313 e. The standard InChI is InChI=1S/C20H16FO2P/c21-17-9-7-8-16(14-17)20(22)15-24(23,18-10-3-1-4-11-18)19-12-5-2-6-13-19/h1-14H,15H2. The number of benzene rings is 3. The maximum Gasteiger partial charge on any atom is 0.170 e. The third-order valence-corrected chi connectivity index (χ3v) is 6.86. The van der Waals surface area contributed by atoms with Gasteiger partial charge in [0.25, 0.3) is 0 Å². The van der Waals surface area contributed by atoms with Crippen LogP contribution in [-0.4, -0.2) is 11.9 Å². The topological polar surface area (TPSA) is 34.1 Å². The molecule has 0 aliphatic carbocycles. The molecule has 0 amide bonds. The van der Waals surface area contributed by atoms with E-state index >= 15 is 0 Å². The summed E-state index contributed by atoms with van der Waals surface area (Å²) >= 11 is 0. The van der Waals surface area contributed by atoms with Crippen molar-refractivity contribution in [2.45, 2.75) is 0 Å². The summed E-state index contributed by atoms with van der Waals surface area (Å²) in [7, 11) is -3.13. The quantitative estimate of drug-likeness (QED) is 0.520. The van der Waals surface area contributed by atoms with E-state index in [2.05, 4.69) is 0 Å². The molecule has 3 aromatic carbocycles. The molecular weight excluding hydrogens is 322 g/mol. The molecule has 0 bridgehead atoms. The second-order valence-corrected chi connectivity index (χ2v) is 8.33. The molecule has 3 aromatic rings. The van der Waals surface area contributed by atoms with Crippen LogP contribution in [0.15, 0.2) is 84.9 Å². The van der Waals surface area contributed by atoms with Gasteiger partial charge in [0.2, 0.25) is 0 Å². The number of carbonyl (C=O) groups is 1. The van der Waals surface area contributed by atoms with E-state index in [-0.39, 0.29) is 17.5 Å². The number of hydrogen-bond donors (Lipinski definition) is 0. The van der Waals surface area contributed by atoms with Crippen LogP contribution in [0.2, 0.25) is 0 Å². The Morgan fingerprint density at radius 3 is 1.83 bits per heavy atom. The Morgan fingerprint density at radius 1 is 0.792 bits per heavy atom. The van der Waals surface area contributed by atoms with Crippen molar-refractivity contribution in [2.24, 2.45) is 0 Å². The van der Waals surface area contributed by atoms with Crippen molar-refractivity contribution in [3.05, 3.63) is 96.3 Å². The highest BCUT2D eigenvalue weighted by Gasteiger charge is 2.30. The molecular formula is C20H16FO2P. The molecule has 0 N–H and O–H groups in total. The van der Waals surface area contributed by atoms with Crippen LogP contribution >= 0.6 is 7.14 Å². The lowest BCUT2D eigenvalue weighted by Crippen LogP contribution is -2.22. The summed E-state index contributed by atoms with van der Waals surface area (Å²) in [6.07, 6.45) is -0.162. The van der Waals surface area contributed by atoms with Gasteiger partial charge in [-0.15, -0.1) is 0 Å². The predicted octanol–water partition coefficient (Wildman–Crippen LogP) is 4.02. The van der Waals surface area contributed by atoms with Gasteiger partial charge < -0.3 is 4.57 Å². The Balaban J connectivity index is 2.03. The third-order valence-electron chi connectivity index (χ3n) is 3.86. The van der Waals surface area contributed by atoms with E-state index < -0.39 is 13.0 Å². The van der Waals surface area contributed by atoms with Gasteiger partial charge in [-0.1, -0.05) is 72.8 Å². The van der Waals surface area contributed by atoms with Crippen LogP contribution in [0.5, 0.6) is 0 Å². The second-order valence-electron chi connectivity index (χ2n) is 5.50. The second kappa shape index (κ2) is 6.94. The molecule has 0 aromatic heterocycles. The van der Waals surface area contributed by atoms with Crippen molar-refractivity contribution in [3.63, 3.8) is 0 Å². The molecule has 0 atom stereocenters. The minimum atomic E-state index is -3.13. The van der Waals surface area contributed by atoms with E-state index in [4.69, 9.17) is 0 Å². The van der Waals surface area contributed by atoms with Crippen molar-refractivity contribution < 1.29 is 13.8 Å². The molecule has 0 heterocycles. The van der Waals surface area contributed by atoms with Gasteiger partial charge in [0.05, 0.1) is 6.16 Å². The zero-order valence-corrected chi connectivity index (χ0v) is 13.8. The fraction of sp³-hybridized carbons (Fsp3) is 0.0500. The molecule has 0 saturated carbocycles. The highest BCUT2D eigenvalue weighted by Crippen LogP contribution is 2.43. The van der Waals surface area contributed by atoms with E-state index in [0.717, 1.165) is 0 Å². The summed E-state index contributed by atoms with van der Waals surface area (Å²) in [6.45, 7) is 0. The van der Waals surface area contributed by atoms with Crippen LogP contribution in [0, 0.1) is 5.82 Å². The number of halogens is 1. The number of ketones is 1. The summed E-state index contributed by atoms with van der Waals surface area (Å²) in [5, 5.41) is 1.25. The molecule has 0 radical (unpaired) electrons. The van der Waals surface area contributed by atoms with Gasteiger partial charge in [0.15, 0.2) is 12.9 Å². The van der Waals surface area contributed by atoms with Crippen LogP contribution in [0.3, 0.4) is 0 Å². The Kier molecular flexibility index (Phi) is 4.73. The van der Waals surface area contributed by atoms with Gasteiger partial charge in [-0.2, -0.15) is 0 Å². The summed E-state index contributed by atoms with van der Waals surface area (Å²) in [4.78, 5) is 12.6. The van der Waals surface area contributed by atoms with Crippen LogP contribution in [-0.2, 0) is 4.57 Å². The molecule has 24 heavy (non-hydrogen) atoms. The normalized spacial score (nSPS) is 11.2. The first-order valence-corrected chi connectivity index (χ1v) is 9.48. The predicted molar refractivity (Wildman–Crippen MR) is 95.4 cm³/mol. The molecule has 120 valence electrons. The first-order chi connectivity index (χ1) is 11.6. The van der Waals surface area contributed by atoms with Gasteiger partial charge in [0.1, 0.15) is 5.82 Å².